The van der Waals surface area contributed by atoms with Gasteiger partial charge >= 0.3 is 7.12 Å². The Kier molecular flexibility index (Phi) is 17.2. The van der Waals surface area contributed by atoms with Crippen LogP contribution in [-0.2, 0) is 39.7 Å². The lowest BCUT2D eigenvalue weighted by Gasteiger charge is -2.64. The van der Waals surface area contributed by atoms with E-state index in [-0.39, 0.29) is 24.5 Å². The number of aryl methyl sites for hydroxylation is 1. The van der Waals surface area contributed by atoms with Crippen LogP contribution in [0.4, 0.5) is 0 Å². The molecule has 1 heterocycles. The van der Waals surface area contributed by atoms with Gasteiger partial charge in [0.05, 0.1) is 30.2 Å². The number of rotatable bonds is 23. The van der Waals surface area contributed by atoms with E-state index in [1.807, 2.05) is 12.1 Å². The van der Waals surface area contributed by atoms with Crippen molar-refractivity contribution in [1.29, 1.82) is 0 Å². The van der Waals surface area contributed by atoms with Crippen LogP contribution < -0.4 is 38.1 Å². The van der Waals surface area contributed by atoms with E-state index in [2.05, 4.69) is 78.5 Å². The lowest BCUT2D eigenvalue weighted by Crippen LogP contribution is -2.65. The van der Waals surface area contributed by atoms with Crippen LogP contribution in [0.1, 0.15) is 122 Å². The first kappa shape index (κ1) is 50.2. The maximum absolute atomic E-state index is 13.6. The van der Waals surface area contributed by atoms with Crippen molar-refractivity contribution in [3.63, 3.8) is 0 Å². The van der Waals surface area contributed by atoms with Crippen molar-refractivity contribution in [1.82, 2.24) is 26.6 Å². The molecule has 10 atom stereocenters. The Morgan fingerprint density at radius 1 is 0.781 bits per heavy atom. The number of hydrogen-bond donors (Lipinski definition) is 8. The second kappa shape index (κ2) is 21.9. The topological polar surface area (TPSA) is 253 Å². The van der Waals surface area contributed by atoms with E-state index in [1.54, 1.807) is 19.1 Å². The van der Waals surface area contributed by atoms with Gasteiger partial charge in [-0.25, -0.2) is 0 Å². The number of unbranched alkanes of at least 4 members (excludes halogenated alkanes) is 3. The zero-order valence-electron chi connectivity index (χ0n) is 38.5. The molecule has 2 aromatic rings. The highest BCUT2D eigenvalue weighted by Crippen LogP contribution is 2.65. The summed E-state index contributed by atoms with van der Waals surface area (Å²) in [6, 6.07) is 10.0. The van der Waals surface area contributed by atoms with Gasteiger partial charge in [0.25, 0.3) is 5.91 Å². The third-order valence-corrected chi connectivity index (χ3v) is 13.7. The SMILES string of the molecule is CCCCCCc1ccc(-c2ccc(C(=O)N[C@@H](CCCN)C(=O)N[C@H](C(=O)N[C@@H](C)C(=O)N[C@@H](CC(N)=O)C(=O)N[C@@H](C)B3OC4C[C@@H]5C[C@@H](C5(C)C)[C@]4(C)O3)[C@@H](C)O)cc2)cc1. The molecular weight excluding hydrogens is 817 g/mol. The number of hydrogen-bond acceptors (Lipinski definition) is 10. The number of benzene rings is 2. The Hall–Kier alpha value is -4.84. The molecular formula is C47H70BN7O9. The van der Waals surface area contributed by atoms with Crippen LogP contribution in [0.5, 0.6) is 0 Å². The Bertz CT molecular complexity index is 1970. The highest BCUT2D eigenvalue weighted by Gasteiger charge is 2.68. The number of carbonyl (C=O) groups is 6. The highest BCUT2D eigenvalue weighted by molar-refractivity contribution is 6.47. The molecule has 4 fully saturated rings. The van der Waals surface area contributed by atoms with Gasteiger partial charge in [-0.1, -0.05) is 76.4 Å². The highest BCUT2D eigenvalue weighted by atomic mass is 16.7. The maximum atomic E-state index is 13.6. The van der Waals surface area contributed by atoms with E-state index >= 15 is 0 Å². The summed E-state index contributed by atoms with van der Waals surface area (Å²) < 4.78 is 12.7. The first-order valence-corrected chi connectivity index (χ1v) is 23.0. The summed E-state index contributed by atoms with van der Waals surface area (Å²) in [5.41, 5.74) is 14.4. The molecule has 0 spiro atoms. The van der Waals surface area contributed by atoms with Crippen LogP contribution >= 0.6 is 0 Å². The molecule has 6 rings (SSSR count). The zero-order valence-corrected chi connectivity index (χ0v) is 38.5. The largest absolute Gasteiger partial charge is 0.481 e. The number of aliphatic hydroxyl groups is 1. The molecule has 350 valence electrons. The fourth-order valence-electron chi connectivity index (χ4n) is 9.51. The molecule has 1 aliphatic heterocycles. The van der Waals surface area contributed by atoms with Crippen LogP contribution in [0.3, 0.4) is 0 Å². The van der Waals surface area contributed by atoms with E-state index in [1.165, 1.54) is 38.7 Å². The number of nitrogens with one attached hydrogen (secondary N) is 5. The Labute approximate surface area is 378 Å². The summed E-state index contributed by atoms with van der Waals surface area (Å²) in [7, 11) is -0.752. The Balaban J connectivity index is 1.14. The summed E-state index contributed by atoms with van der Waals surface area (Å²) in [4.78, 5) is 79.4. The van der Waals surface area contributed by atoms with Gasteiger partial charge in [-0.05, 0) is 119 Å². The summed E-state index contributed by atoms with van der Waals surface area (Å²) in [5.74, 6) is -4.37. The molecule has 10 N–H and O–H groups in total. The molecule has 2 bridgehead atoms. The van der Waals surface area contributed by atoms with Gasteiger partial charge < -0.3 is 52.5 Å². The van der Waals surface area contributed by atoms with Gasteiger partial charge in [0, 0.05) is 5.56 Å². The van der Waals surface area contributed by atoms with Crippen LogP contribution in [-0.4, -0.2) is 102 Å². The summed E-state index contributed by atoms with van der Waals surface area (Å²) in [6.45, 7) is 13.3. The van der Waals surface area contributed by atoms with E-state index in [9.17, 15) is 33.9 Å². The van der Waals surface area contributed by atoms with Gasteiger partial charge in [-0.15, -0.1) is 0 Å². The number of carbonyl (C=O) groups excluding carboxylic acids is 6. The van der Waals surface area contributed by atoms with Gasteiger partial charge in [0.1, 0.15) is 24.2 Å². The van der Waals surface area contributed by atoms with Crippen LogP contribution in [0.2, 0.25) is 0 Å². The van der Waals surface area contributed by atoms with Crippen LogP contribution in [0.15, 0.2) is 48.5 Å². The average Bonchev–Trinajstić information content (AvgIpc) is 3.63. The van der Waals surface area contributed by atoms with Crippen molar-refractivity contribution < 1.29 is 43.2 Å². The molecule has 2 aromatic carbocycles. The minimum Gasteiger partial charge on any atom is -0.404 e. The molecule has 0 radical (unpaired) electrons. The van der Waals surface area contributed by atoms with Gasteiger partial charge in [0.15, 0.2) is 0 Å². The smallest absolute Gasteiger partial charge is 0.404 e. The normalized spacial score (nSPS) is 23.5. The second-order valence-corrected chi connectivity index (χ2v) is 18.9. The van der Waals surface area contributed by atoms with Crippen LogP contribution in [0, 0.1) is 17.3 Å². The Morgan fingerprint density at radius 3 is 2.02 bits per heavy atom. The number of aliphatic hydroxyl groups excluding tert-OH is 1. The van der Waals surface area contributed by atoms with Gasteiger partial charge in [-0.3, -0.25) is 28.8 Å². The first-order valence-electron chi connectivity index (χ1n) is 23.0. The van der Waals surface area contributed by atoms with E-state index in [0.29, 0.717) is 23.8 Å². The number of amides is 6. The molecule has 6 amide bonds. The number of nitrogens with two attached hydrogens (primary N) is 2. The summed E-state index contributed by atoms with van der Waals surface area (Å²) >= 11 is 0. The molecule has 1 saturated heterocycles. The van der Waals surface area contributed by atoms with E-state index < -0.39 is 90.8 Å². The van der Waals surface area contributed by atoms with Crippen molar-refractivity contribution in [2.45, 2.75) is 161 Å². The molecule has 16 nitrogen and oxygen atoms in total. The lowest BCUT2D eigenvalue weighted by atomic mass is 9.43. The predicted molar refractivity (Wildman–Crippen MR) is 244 cm³/mol. The molecule has 4 aliphatic rings. The van der Waals surface area contributed by atoms with Crippen molar-refractivity contribution in [3.05, 3.63) is 59.7 Å². The molecule has 1 unspecified atom stereocenters. The fraction of sp³-hybridized carbons (Fsp3) is 0.617. The fourth-order valence-corrected chi connectivity index (χ4v) is 9.51. The van der Waals surface area contributed by atoms with Gasteiger partial charge in [-0.2, -0.15) is 0 Å². The molecule has 64 heavy (non-hydrogen) atoms. The monoisotopic (exact) mass is 888 g/mol. The standard InChI is InChI=1S/C47H70BN7O9/c1-8-9-10-11-13-30-15-17-31(18-16-30)32-19-21-33(22-20-32)42(59)53-35(14-12-23-49)43(60)55-40(28(3)56)45(62)51-27(2)41(58)54-36(26-39(50)57)44(61)52-29(4)48-63-38-25-34-24-37(46(34,5)6)47(38,7)64-48/h15-22,27-29,34-38,40,56H,8-14,23-26,49H2,1-7H3,(H2,50,57)(H,51,62)(H,52,61)(H,53,59)(H,54,58)(H,55,60)/t27-,28+,29-,34-,35-,36-,37-,38?,40-,47-/m0/s1. The van der Waals surface area contributed by atoms with Crippen LogP contribution in [0.25, 0.3) is 11.1 Å². The third-order valence-electron chi connectivity index (χ3n) is 13.7. The molecule has 3 aliphatic carbocycles. The first-order chi connectivity index (χ1) is 30.3. The van der Waals surface area contributed by atoms with Crippen molar-refractivity contribution in [2.75, 3.05) is 6.54 Å². The average molecular weight is 888 g/mol. The van der Waals surface area contributed by atoms with Crippen molar-refractivity contribution in [3.8, 4) is 11.1 Å². The van der Waals surface area contributed by atoms with Crippen molar-refractivity contribution in [2.24, 2.45) is 28.7 Å². The van der Waals surface area contributed by atoms with E-state index in [0.717, 1.165) is 36.8 Å². The minimum absolute atomic E-state index is 0.118. The molecule has 17 heteroatoms. The lowest BCUT2D eigenvalue weighted by molar-refractivity contribution is -0.199. The number of primary amides is 1. The molecule has 0 aromatic heterocycles. The minimum atomic E-state index is -1.54. The summed E-state index contributed by atoms with van der Waals surface area (Å²) in [6.07, 6.45) is 6.18. The van der Waals surface area contributed by atoms with E-state index in [4.69, 9.17) is 20.8 Å². The predicted octanol–water partition coefficient (Wildman–Crippen LogP) is 2.82. The van der Waals surface area contributed by atoms with Gasteiger partial charge in [0.2, 0.25) is 29.5 Å². The Morgan fingerprint density at radius 2 is 1.42 bits per heavy atom. The zero-order chi connectivity index (χ0) is 46.9. The quantitative estimate of drug-likeness (QED) is 0.0599. The summed E-state index contributed by atoms with van der Waals surface area (Å²) in [5, 5.41) is 23.6. The van der Waals surface area contributed by atoms with Crippen molar-refractivity contribution >= 4 is 42.6 Å². The second-order valence-electron chi connectivity index (χ2n) is 18.9. The maximum Gasteiger partial charge on any atom is 0.481 e. The third kappa shape index (κ3) is 12.1. The molecule has 3 saturated carbocycles.